The van der Waals surface area contributed by atoms with Gasteiger partial charge in [-0.1, -0.05) is 32.9 Å². The third-order valence-corrected chi connectivity index (χ3v) is 4.87. The summed E-state index contributed by atoms with van der Waals surface area (Å²) in [5.74, 6) is -0.172. The van der Waals surface area contributed by atoms with Gasteiger partial charge in [0, 0.05) is 13.1 Å². The Balaban J connectivity index is 2.61. The van der Waals surface area contributed by atoms with Crippen LogP contribution in [0.2, 0.25) is 0 Å². The minimum absolute atomic E-state index is 0.0145. The predicted molar refractivity (Wildman–Crippen MR) is 85.7 cm³/mol. The molecule has 124 valence electrons. The fourth-order valence-corrected chi connectivity index (χ4v) is 2.97. The maximum Gasteiger partial charge on any atom is 0.314 e. The number of aliphatic hydroxyl groups is 1. The zero-order valence-corrected chi connectivity index (χ0v) is 14.0. The average Bonchev–Trinajstić information content (AvgIpc) is 2.44. The Kier molecular flexibility index (Phi) is 6.37. The van der Waals surface area contributed by atoms with Gasteiger partial charge in [0.2, 0.25) is 0 Å². The largest absolute Gasteiger partial charge is 0.395 e. The van der Waals surface area contributed by atoms with Gasteiger partial charge < -0.3 is 15.7 Å². The molecule has 0 aliphatic heterocycles. The van der Waals surface area contributed by atoms with Crippen molar-refractivity contribution < 1.29 is 18.3 Å². The smallest absolute Gasteiger partial charge is 0.314 e. The minimum atomic E-state index is -3.43. The van der Waals surface area contributed by atoms with Gasteiger partial charge in [-0.25, -0.2) is 13.2 Å². The van der Waals surface area contributed by atoms with Gasteiger partial charge in [0.15, 0.2) is 9.84 Å². The quantitative estimate of drug-likeness (QED) is 0.727. The third kappa shape index (κ3) is 5.65. The van der Waals surface area contributed by atoms with Crippen LogP contribution >= 0.6 is 0 Å². The predicted octanol–water partition coefficient (Wildman–Crippen LogP) is 1.05. The van der Waals surface area contributed by atoms with E-state index < -0.39 is 15.9 Å². The highest BCUT2D eigenvalue weighted by atomic mass is 32.2. The number of benzene rings is 1. The molecule has 0 fully saturated rings. The molecule has 0 radical (unpaired) electrons. The van der Waals surface area contributed by atoms with Crippen LogP contribution in [0.25, 0.3) is 0 Å². The molecule has 1 rings (SSSR count). The van der Waals surface area contributed by atoms with Crippen molar-refractivity contribution in [2.45, 2.75) is 31.1 Å². The van der Waals surface area contributed by atoms with Crippen molar-refractivity contribution in [2.75, 3.05) is 25.4 Å². The Bertz CT molecular complexity index is 589. The standard InChI is InChI=1S/C15H24N2O4S/c1-15(2,3)12-4-6-13(7-5-12)22(20,21)11-9-17-14(19)16-8-10-18/h4-7,18H,8-11H2,1-3H3,(H2,16,17,19). The molecule has 0 bridgehead atoms. The van der Waals surface area contributed by atoms with E-state index in [9.17, 15) is 13.2 Å². The van der Waals surface area contributed by atoms with Crippen LogP contribution in [0.15, 0.2) is 29.2 Å². The molecule has 3 N–H and O–H groups in total. The maximum absolute atomic E-state index is 12.2. The van der Waals surface area contributed by atoms with Crippen molar-refractivity contribution >= 4 is 15.9 Å². The summed E-state index contributed by atoms with van der Waals surface area (Å²) in [5, 5.41) is 13.4. The first-order chi connectivity index (χ1) is 10.2. The number of urea groups is 1. The van der Waals surface area contributed by atoms with Gasteiger partial charge in [-0.3, -0.25) is 0 Å². The fraction of sp³-hybridized carbons (Fsp3) is 0.533. The minimum Gasteiger partial charge on any atom is -0.395 e. The number of sulfone groups is 1. The summed E-state index contributed by atoms with van der Waals surface area (Å²) < 4.78 is 24.4. The van der Waals surface area contributed by atoms with Crippen molar-refractivity contribution in [3.05, 3.63) is 29.8 Å². The zero-order valence-electron chi connectivity index (χ0n) is 13.2. The SMILES string of the molecule is CC(C)(C)c1ccc(S(=O)(=O)CCNC(=O)NCCO)cc1. The zero-order chi connectivity index (χ0) is 16.8. The van der Waals surface area contributed by atoms with Crippen molar-refractivity contribution in [1.29, 1.82) is 0 Å². The normalized spacial score (nSPS) is 12.0. The maximum atomic E-state index is 12.2. The molecule has 0 aliphatic rings. The number of rotatable bonds is 6. The van der Waals surface area contributed by atoms with E-state index in [1.807, 2.05) is 12.1 Å². The second-order valence-corrected chi connectivity index (χ2v) is 8.11. The van der Waals surface area contributed by atoms with Gasteiger partial charge in [-0.2, -0.15) is 0 Å². The van der Waals surface area contributed by atoms with Crippen LogP contribution in [0.1, 0.15) is 26.3 Å². The molecule has 2 amide bonds. The van der Waals surface area contributed by atoms with E-state index in [0.717, 1.165) is 5.56 Å². The molecule has 1 aromatic rings. The number of nitrogens with one attached hydrogen (secondary N) is 2. The topological polar surface area (TPSA) is 95.5 Å². The van der Waals surface area contributed by atoms with E-state index in [0.29, 0.717) is 0 Å². The van der Waals surface area contributed by atoms with Gasteiger partial charge in [0.05, 0.1) is 17.3 Å². The first-order valence-electron chi connectivity index (χ1n) is 7.12. The lowest BCUT2D eigenvalue weighted by atomic mass is 9.87. The number of carbonyl (C=O) groups excluding carboxylic acids is 1. The van der Waals surface area contributed by atoms with Crippen molar-refractivity contribution in [1.82, 2.24) is 10.6 Å². The highest BCUT2D eigenvalue weighted by Crippen LogP contribution is 2.23. The van der Waals surface area contributed by atoms with E-state index >= 15 is 0 Å². The fourth-order valence-electron chi connectivity index (χ4n) is 1.81. The van der Waals surface area contributed by atoms with E-state index in [2.05, 4.69) is 31.4 Å². The molecular formula is C15H24N2O4S. The van der Waals surface area contributed by atoms with Crippen LogP contribution in [-0.4, -0.2) is 45.0 Å². The molecule has 0 saturated heterocycles. The van der Waals surface area contributed by atoms with E-state index in [1.54, 1.807) is 12.1 Å². The second kappa shape index (κ2) is 7.60. The molecule has 0 aliphatic carbocycles. The number of hydrogen-bond donors (Lipinski definition) is 3. The Hall–Kier alpha value is -1.60. The number of hydrogen-bond acceptors (Lipinski definition) is 4. The lowest BCUT2D eigenvalue weighted by Gasteiger charge is -2.19. The van der Waals surface area contributed by atoms with Crippen LogP contribution in [0, 0.1) is 0 Å². The van der Waals surface area contributed by atoms with Crippen molar-refractivity contribution in [2.24, 2.45) is 0 Å². The van der Waals surface area contributed by atoms with Gasteiger partial charge in [-0.15, -0.1) is 0 Å². The highest BCUT2D eigenvalue weighted by molar-refractivity contribution is 7.91. The summed E-state index contributed by atoms with van der Waals surface area (Å²) in [6.45, 7) is 6.17. The summed E-state index contributed by atoms with van der Waals surface area (Å²) in [6, 6.07) is 6.33. The number of aliphatic hydroxyl groups excluding tert-OH is 1. The Morgan fingerprint density at radius 2 is 1.64 bits per heavy atom. The van der Waals surface area contributed by atoms with Crippen LogP contribution in [0.3, 0.4) is 0 Å². The molecule has 0 unspecified atom stereocenters. The van der Waals surface area contributed by atoms with E-state index in [1.165, 1.54) is 0 Å². The molecular weight excluding hydrogens is 304 g/mol. The van der Waals surface area contributed by atoms with Gasteiger partial charge >= 0.3 is 6.03 Å². The Morgan fingerprint density at radius 1 is 1.09 bits per heavy atom. The Labute approximate surface area is 131 Å². The van der Waals surface area contributed by atoms with Crippen molar-refractivity contribution in [3.63, 3.8) is 0 Å². The van der Waals surface area contributed by atoms with Gasteiger partial charge in [-0.05, 0) is 23.1 Å². The molecule has 6 nitrogen and oxygen atoms in total. The first-order valence-corrected chi connectivity index (χ1v) is 8.78. The molecule has 0 saturated carbocycles. The molecule has 22 heavy (non-hydrogen) atoms. The lowest BCUT2D eigenvalue weighted by molar-refractivity contribution is 0.235. The second-order valence-electron chi connectivity index (χ2n) is 6.00. The molecule has 0 heterocycles. The third-order valence-electron chi connectivity index (χ3n) is 3.13. The molecule has 0 aromatic heterocycles. The number of carbonyl (C=O) groups is 1. The van der Waals surface area contributed by atoms with Crippen LogP contribution < -0.4 is 10.6 Å². The van der Waals surface area contributed by atoms with Crippen LogP contribution in [0.4, 0.5) is 4.79 Å². The average molecular weight is 328 g/mol. The Morgan fingerprint density at radius 3 is 2.14 bits per heavy atom. The first kappa shape index (κ1) is 18.4. The summed E-state index contributed by atoms with van der Waals surface area (Å²) in [7, 11) is -3.43. The van der Waals surface area contributed by atoms with Gasteiger partial charge in [0.1, 0.15) is 0 Å². The summed E-state index contributed by atoms with van der Waals surface area (Å²) >= 11 is 0. The van der Waals surface area contributed by atoms with Crippen LogP contribution in [0.5, 0.6) is 0 Å². The van der Waals surface area contributed by atoms with Crippen molar-refractivity contribution in [3.8, 4) is 0 Å². The number of amides is 2. The monoisotopic (exact) mass is 328 g/mol. The van der Waals surface area contributed by atoms with E-state index in [4.69, 9.17) is 5.11 Å². The van der Waals surface area contributed by atoms with Gasteiger partial charge in [0.25, 0.3) is 0 Å². The lowest BCUT2D eigenvalue weighted by Crippen LogP contribution is -2.39. The summed E-state index contributed by atoms with van der Waals surface area (Å²) in [4.78, 5) is 11.5. The van der Waals surface area contributed by atoms with Crippen LogP contribution in [-0.2, 0) is 15.3 Å². The highest BCUT2D eigenvalue weighted by Gasteiger charge is 2.17. The van der Waals surface area contributed by atoms with E-state index in [-0.39, 0.29) is 35.8 Å². The summed E-state index contributed by atoms with van der Waals surface area (Å²) in [6.07, 6.45) is 0. The summed E-state index contributed by atoms with van der Waals surface area (Å²) in [5.41, 5.74) is 1.03. The molecule has 1 aromatic carbocycles. The molecule has 0 spiro atoms. The molecule has 0 atom stereocenters. The molecule has 7 heteroatoms.